The Morgan fingerprint density at radius 2 is 1.93 bits per heavy atom. The summed E-state index contributed by atoms with van der Waals surface area (Å²) in [6.45, 7) is 8.17. The van der Waals surface area contributed by atoms with E-state index in [1.54, 1.807) is 4.90 Å². The van der Waals surface area contributed by atoms with Gasteiger partial charge in [0.2, 0.25) is 11.8 Å². The van der Waals surface area contributed by atoms with Crippen molar-refractivity contribution in [3.05, 3.63) is 0 Å². The van der Waals surface area contributed by atoms with Gasteiger partial charge in [-0.1, -0.05) is 13.8 Å². The molecule has 0 spiro atoms. The molecule has 0 bridgehead atoms. The quantitative estimate of drug-likeness (QED) is 0.751. The maximum atomic E-state index is 12.0. The molecule has 0 radical (unpaired) electrons. The third-order valence-corrected chi connectivity index (χ3v) is 2.56. The molecule has 1 saturated heterocycles. The lowest BCUT2D eigenvalue weighted by Crippen LogP contribution is -2.59. The molecule has 2 amide bonds. The molecule has 0 aromatic carbocycles. The number of nitrogens with one attached hydrogen (secondary N) is 1. The van der Waals surface area contributed by atoms with Crippen molar-refractivity contribution >= 4 is 11.8 Å². The van der Waals surface area contributed by atoms with E-state index < -0.39 is 0 Å². The van der Waals surface area contributed by atoms with Crippen LogP contribution in [-0.4, -0.2) is 35.3 Å². The van der Waals surface area contributed by atoms with Gasteiger partial charge >= 0.3 is 0 Å². The van der Waals surface area contributed by atoms with Crippen LogP contribution in [0.4, 0.5) is 0 Å². The minimum absolute atomic E-state index is 0.0473. The predicted octanol–water partition coefficient (Wildman–Crippen LogP) is 0.768. The van der Waals surface area contributed by atoms with Crippen LogP contribution in [0.5, 0.6) is 0 Å². The van der Waals surface area contributed by atoms with E-state index in [2.05, 4.69) is 5.32 Å². The lowest BCUT2D eigenvalue weighted by molar-refractivity contribution is -0.146. The molecule has 15 heavy (non-hydrogen) atoms. The monoisotopic (exact) mass is 212 g/mol. The summed E-state index contributed by atoms with van der Waals surface area (Å²) in [5.74, 6) is 0.415. The van der Waals surface area contributed by atoms with Crippen LogP contribution in [0.2, 0.25) is 0 Å². The van der Waals surface area contributed by atoms with Crippen LogP contribution in [0.25, 0.3) is 0 Å². The zero-order chi connectivity index (χ0) is 11.6. The summed E-state index contributed by atoms with van der Waals surface area (Å²) in [6, 6.07) is -0.230. The van der Waals surface area contributed by atoms with E-state index >= 15 is 0 Å². The Morgan fingerprint density at radius 1 is 1.33 bits per heavy atom. The van der Waals surface area contributed by atoms with Crippen molar-refractivity contribution in [2.75, 3.05) is 6.54 Å². The van der Waals surface area contributed by atoms with Gasteiger partial charge in [-0.2, -0.15) is 0 Å². The number of amides is 2. The van der Waals surface area contributed by atoms with Gasteiger partial charge in [-0.15, -0.1) is 0 Å². The lowest BCUT2D eigenvalue weighted by atomic mass is 10.0. The Labute approximate surface area is 91.0 Å². The molecule has 1 rings (SSSR count). The molecule has 0 aromatic heterocycles. The molecule has 0 aromatic rings. The van der Waals surface area contributed by atoms with Crippen molar-refractivity contribution in [3.63, 3.8) is 0 Å². The Hall–Kier alpha value is -1.06. The SMILES string of the molecule is CC(C)CC1NC(=O)CN(C(C)C)C1=O. The molecule has 86 valence electrons. The second kappa shape index (κ2) is 4.64. The van der Waals surface area contributed by atoms with Gasteiger partial charge in [0, 0.05) is 6.04 Å². The van der Waals surface area contributed by atoms with E-state index in [4.69, 9.17) is 0 Å². The van der Waals surface area contributed by atoms with E-state index in [-0.39, 0.29) is 30.4 Å². The fourth-order valence-electron chi connectivity index (χ4n) is 1.80. The number of hydrogen-bond donors (Lipinski definition) is 1. The molecule has 1 aliphatic heterocycles. The first-order chi connectivity index (χ1) is 6.91. The first-order valence-corrected chi connectivity index (χ1v) is 5.51. The van der Waals surface area contributed by atoms with Gasteiger partial charge < -0.3 is 10.2 Å². The highest BCUT2D eigenvalue weighted by Gasteiger charge is 2.33. The molecule has 1 heterocycles. The van der Waals surface area contributed by atoms with Crippen molar-refractivity contribution in [3.8, 4) is 0 Å². The number of rotatable bonds is 3. The van der Waals surface area contributed by atoms with Crippen LogP contribution in [-0.2, 0) is 9.59 Å². The first kappa shape index (κ1) is 12.0. The van der Waals surface area contributed by atoms with Gasteiger partial charge in [0.15, 0.2) is 0 Å². The summed E-state index contributed by atoms with van der Waals surface area (Å²) in [7, 11) is 0. The molecule has 4 nitrogen and oxygen atoms in total. The smallest absolute Gasteiger partial charge is 0.245 e. The summed E-state index contributed by atoms with van der Waals surface area (Å²) in [6.07, 6.45) is 0.716. The van der Waals surface area contributed by atoms with E-state index in [0.29, 0.717) is 12.3 Å². The van der Waals surface area contributed by atoms with Crippen LogP contribution in [0.1, 0.15) is 34.1 Å². The maximum absolute atomic E-state index is 12.0. The van der Waals surface area contributed by atoms with Crippen LogP contribution < -0.4 is 5.32 Å². The average molecular weight is 212 g/mol. The lowest BCUT2D eigenvalue weighted by Gasteiger charge is -2.35. The van der Waals surface area contributed by atoms with Gasteiger partial charge in [0.05, 0.1) is 6.54 Å². The first-order valence-electron chi connectivity index (χ1n) is 5.51. The third kappa shape index (κ3) is 2.94. The third-order valence-electron chi connectivity index (χ3n) is 2.56. The van der Waals surface area contributed by atoms with Crippen LogP contribution in [0.3, 0.4) is 0 Å². The van der Waals surface area contributed by atoms with E-state index in [9.17, 15) is 9.59 Å². The summed E-state index contributed by atoms with van der Waals surface area (Å²) < 4.78 is 0. The minimum atomic E-state index is -0.325. The van der Waals surface area contributed by atoms with Crippen LogP contribution in [0.15, 0.2) is 0 Å². The molecule has 0 aliphatic carbocycles. The molecular formula is C11H20N2O2. The zero-order valence-electron chi connectivity index (χ0n) is 9.91. The number of hydrogen-bond acceptors (Lipinski definition) is 2. The Kier molecular flexibility index (Phi) is 3.72. The summed E-state index contributed by atoms with van der Waals surface area (Å²) in [5.41, 5.74) is 0. The molecule has 1 atom stereocenters. The van der Waals surface area contributed by atoms with Crippen molar-refractivity contribution in [2.24, 2.45) is 5.92 Å². The number of carbonyl (C=O) groups excluding carboxylic acids is 2. The highest BCUT2D eigenvalue weighted by molar-refractivity contribution is 5.94. The number of piperazine rings is 1. The minimum Gasteiger partial charge on any atom is -0.343 e. The number of nitrogens with zero attached hydrogens (tertiary/aromatic N) is 1. The molecule has 1 fully saturated rings. The predicted molar refractivity (Wildman–Crippen MR) is 58.2 cm³/mol. The fraction of sp³-hybridized carbons (Fsp3) is 0.818. The van der Waals surface area contributed by atoms with Gasteiger partial charge in [0.1, 0.15) is 6.04 Å². The maximum Gasteiger partial charge on any atom is 0.245 e. The van der Waals surface area contributed by atoms with Gasteiger partial charge in [0.25, 0.3) is 0 Å². The van der Waals surface area contributed by atoms with Crippen LogP contribution >= 0.6 is 0 Å². The van der Waals surface area contributed by atoms with Crippen LogP contribution in [0, 0.1) is 5.92 Å². The van der Waals surface area contributed by atoms with Gasteiger partial charge in [-0.25, -0.2) is 0 Å². The van der Waals surface area contributed by atoms with Crippen molar-refractivity contribution in [1.82, 2.24) is 10.2 Å². The van der Waals surface area contributed by atoms with Crippen molar-refractivity contribution < 1.29 is 9.59 Å². The second-order valence-corrected chi connectivity index (χ2v) is 4.81. The molecule has 1 N–H and O–H groups in total. The second-order valence-electron chi connectivity index (χ2n) is 4.81. The topological polar surface area (TPSA) is 49.4 Å². The summed E-state index contributed by atoms with van der Waals surface area (Å²) in [5, 5.41) is 2.75. The van der Waals surface area contributed by atoms with E-state index in [1.807, 2.05) is 27.7 Å². The average Bonchev–Trinajstić information content (AvgIpc) is 2.09. The highest BCUT2D eigenvalue weighted by Crippen LogP contribution is 2.13. The Morgan fingerprint density at radius 3 is 2.40 bits per heavy atom. The normalized spacial score (nSPS) is 22.5. The summed E-state index contributed by atoms with van der Waals surface area (Å²) >= 11 is 0. The molecule has 4 heteroatoms. The standard InChI is InChI=1S/C11H20N2O2/c1-7(2)5-9-11(15)13(8(3)4)6-10(14)12-9/h7-9H,5-6H2,1-4H3,(H,12,14). The zero-order valence-corrected chi connectivity index (χ0v) is 9.91. The van der Waals surface area contributed by atoms with E-state index in [0.717, 1.165) is 0 Å². The van der Waals surface area contributed by atoms with Crippen molar-refractivity contribution in [2.45, 2.75) is 46.2 Å². The molecule has 0 saturated carbocycles. The largest absolute Gasteiger partial charge is 0.343 e. The molecule has 1 unspecified atom stereocenters. The molecule has 1 aliphatic rings. The Balaban J connectivity index is 2.72. The summed E-state index contributed by atoms with van der Waals surface area (Å²) in [4.78, 5) is 25.0. The van der Waals surface area contributed by atoms with Gasteiger partial charge in [-0.05, 0) is 26.2 Å². The number of carbonyl (C=O) groups is 2. The highest BCUT2D eigenvalue weighted by atomic mass is 16.2. The van der Waals surface area contributed by atoms with Crippen molar-refractivity contribution in [1.29, 1.82) is 0 Å². The fourth-order valence-corrected chi connectivity index (χ4v) is 1.80. The van der Waals surface area contributed by atoms with E-state index in [1.165, 1.54) is 0 Å². The van der Waals surface area contributed by atoms with Gasteiger partial charge in [-0.3, -0.25) is 9.59 Å². The Bertz CT molecular complexity index is 261. The molecular weight excluding hydrogens is 192 g/mol.